The van der Waals surface area contributed by atoms with Crippen molar-refractivity contribution < 1.29 is 14.3 Å². The second kappa shape index (κ2) is 11.9. The zero-order chi connectivity index (χ0) is 16.1. The molecule has 1 atom stereocenters. The van der Waals surface area contributed by atoms with E-state index in [1.54, 1.807) is 7.11 Å². The molecule has 1 fully saturated rings. The molecule has 1 unspecified atom stereocenters. The zero-order valence-electron chi connectivity index (χ0n) is 14.6. The van der Waals surface area contributed by atoms with Crippen molar-refractivity contribution in [1.82, 2.24) is 5.32 Å². The van der Waals surface area contributed by atoms with E-state index >= 15 is 0 Å². The van der Waals surface area contributed by atoms with Crippen LogP contribution in [-0.4, -0.2) is 38.4 Å². The molecule has 0 aromatic heterocycles. The SMILES string of the molecule is CCCCCCCCCCCC(=O)OCC1(OC)CCNC1. The molecule has 1 aliphatic rings. The highest BCUT2D eigenvalue weighted by Crippen LogP contribution is 2.19. The highest BCUT2D eigenvalue weighted by molar-refractivity contribution is 5.69. The summed E-state index contributed by atoms with van der Waals surface area (Å²) in [5.41, 5.74) is -0.297. The molecule has 1 saturated heterocycles. The third-order valence-corrected chi connectivity index (χ3v) is 4.62. The Morgan fingerprint density at radius 2 is 1.68 bits per heavy atom. The molecule has 4 heteroatoms. The molecule has 22 heavy (non-hydrogen) atoms. The summed E-state index contributed by atoms with van der Waals surface area (Å²) in [6.07, 6.45) is 12.8. The Bertz CT molecular complexity index is 288. The molecule has 1 aliphatic heterocycles. The Hall–Kier alpha value is -0.610. The maximum atomic E-state index is 11.8. The number of ether oxygens (including phenoxy) is 2. The summed E-state index contributed by atoms with van der Waals surface area (Å²) in [7, 11) is 1.70. The van der Waals surface area contributed by atoms with E-state index < -0.39 is 0 Å². The molecule has 4 nitrogen and oxygen atoms in total. The van der Waals surface area contributed by atoms with Crippen LogP contribution in [0.2, 0.25) is 0 Å². The second-order valence-corrected chi connectivity index (χ2v) is 6.55. The van der Waals surface area contributed by atoms with Gasteiger partial charge in [-0.3, -0.25) is 4.79 Å². The molecule has 1 N–H and O–H groups in total. The normalized spacial score (nSPS) is 21.2. The van der Waals surface area contributed by atoms with Gasteiger partial charge in [-0.25, -0.2) is 0 Å². The summed E-state index contributed by atoms with van der Waals surface area (Å²) in [5.74, 6) is -0.0775. The van der Waals surface area contributed by atoms with E-state index in [9.17, 15) is 4.79 Å². The number of hydrogen-bond donors (Lipinski definition) is 1. The number of hydrogen-bond acceptors (Lipinski definition) is 4. The molecule has 1 heterocycles. The van der Waals surface area contributed by atoms with Crippen LogP contribution in [0.4, 0.5) is 0 Å². The van der Waals surface area contributed by atoms with Gasteiger partial charge >= 0.3 is 5.97 Å². The van der Waals surface area contributed by atoms with Crippen molar-refractivity contribution in [2.24, 2.45) is 0 Å². The summed E-state index contributed by atoms with van der Waals surface area (Å²) in [5, 5.41) is 3.26. The zero-order valence-corrected chi connectivity index (χ0v) is 14.6. The molecule has 130 valence electrons. The number of unbranched alkanes of at least 4 members (excludes halogenated alkanes) is 8. The average Bonchev–Trinajstić information content (AvgIpc) is 3.01. The highest BCUT2D eigenvalue weighted by Gasteiger charge is 2.35. The number of nitrogens with one attached hydrogen (secondary N) is 1. The van der Waals surface area contributed by atoms with Crippen molar-refractivity contribution in [2.45, 2.75) is 83.2 Å². The lowest BCUT2D eigenvalue weighted by Crippen LogP contribution is -2.39. The van der Waals surface area contributed by atoms with Crippen molar-refractivity contribution in [3.05, 3.63) is 0 Å². The summed E-state index contributed by atoms with van der Waals surface area (Å²) >= 11 is 0. The molecule has 0 spiro atoms. The van der Waals surface area contributed by atoms with Crippen molar-refractivity contribution >= 4 is 5.97 Å². The van der Waals surface area contributed by atoms with Gasteiger partial charge in [0, 0.05) is 20.1 Å². The van der Waals surface area contributed by atoms with Crippen molar-refractivity contribution in [2.75, 3.05) is 26.8 Å². The number of rotatable bonds is 13. The lowest BCUT2D eigenvalue weighted by molar-refractivity contribution is -0.152. The standard InChI is InChI=1S/C18H35NO3/c1-3-4-5-6-7-8-9-10-11-12-17(20)22-16-18(21-2)13-14-19-15-18/h19H,3-16H2,1-2H3. The molecule has 0 aliphatic carbocycles. The topological polar surface area (TPSA) is 47.6 Å². The predicted molar refractivity (Wildman–Crippen MR) is 90.0 cm³/mol. The van der Waals surface area contributed by atoms with Crippen LogP contribution in [0.1, 0.15) is 77.6 Å². The van der Waals surface area contributed by atoms with Gasteiger partial charge < -0.3 is 14.8 Å². The average molecular weight is 313 g/mol. The Morgan fingerprint density at radius 3 is 2.23 bits per heavy atom. The smallest absolute Gasteiger partial charge is 0.305 e. The van der Waals surface area contributed by atoms with Gasteiger partial charge in [0.25, 0.3) is 0 Å². The van der Waals surface area contributed by atoms with Gasteiger partial charge in [0.2, 0.25) is 0 Å². The van der Waals surface area contributed by atoms with Crippen LogP contribution >= 0.6 is 0 Å². The van der Waals surface area contributed by atoms with Crippen LogP contribution in [0.5, 0.6) is 0 Å². The second-order valence-electron chi connectivity index (χ2n) is 6.55. The van der Waals surface area contributed by atoms with E-state index in [4.69, 9.17) is 9.47 Å². The molecule has 0 aromatic rings. The molecule has 0 aromatic carbocycles. The lowest BCUT2D eigenvalue weighted by Gasteiger charge is -2.25. The minimum atomic E-state index is -0.297. The molecular formula is C18H35NO3. The first-order valence-corrected chi connectivity index (χ1v) is 9.14. The van der Waals surface area contributed by atoms with Crippen molar-refractivity contribution in [3.8, 4) is 0 Å². The monoisotopic (exact) mass is 313 g/mol. The lowest BCUT2D eigenvalue weighted by atomic mass is 10.0. The quantitative estimate of drug-likeness (QED) is 0.415. The molecule has 0 amide bonds. The molecular weight excluding hydrogens is 278 g/mol. The Kier molecular flexibility index (Phi) is 10.5. The van der Waals surface area contributed by atoms with Gasteiger partial charge in [0.05, 0.1) is 0 Å². The van der Waals surface area contributed by atoms with Crippen LogP contribution in [0.25, 0.3) is 0 Å². The van der Waals surface area contributed by atoms with Gasteiger partial charge in [-0.05, 0) is 19.4 Å². The van der Waals surface area contributed by atoms with E-state index in [0.29, 0.717) is 13.0 Å². The fourth-order valence-corrected chi connectivity index (χ4v) is 2.94. The fraction of sp³-hybridized carbons (Fsp3) is 0.944. The van der Waals surface area contributed by atoms with Crippen LogP contribution in [0, 0.1) is 0 Å². The number of carbonyl (C=O) groups excluding carboxylic acids is 1. The summed E-state index contributed by atoms with van der Waals surface area (Å²) in [4.78, 5) is 11.8. The fourth-order valence-electron chi connectivity index (χ4n) is 2.94. The molecule has 1 rings (SSSR count). The summed E-state index contributed by atoms with van der Waals surface area (Å²) in [6, 6.07) is 0. The van der Waals surface area contributed by atoms with E-state index in [2.05, 4.69) is 12.2 Å². The Morgan fingerprint density at radius 1 is 1.05 bits per heavy atom. The van der Waals surface area contributed by atoms with Gasteiger partial charge in [0.15, 0.2) is 0 Å². The molecule has 0 saturated carbocycles. The number of carbonyl (C=O) groups is 1. The third kappa shape index (κ3) is 8.14. The van der Waals surface area contributed by atoms with E-state index in [-0.39, 0.29) is 11.6 Å². The molecule has 0 radical (unpaired) electrons. The highest BCUT2D eigenvalue weighted by atomic mass is 16.6. The predicted octanol–water partition coefficient (Wildman–Crippen LogP) is 3.83. The van der Waals surface area contributed by atoms with Gasteiger partial charge in [0.1, 0.15) is 12.2 Å². The van der Waals surface area contributed by atoms with Crippen LogP contribution < -0.4 is 5.32 Å². The number of methoxy groups -OCH3 is 1. The summed E-state index contributed by atoms with van der Waals surface area (Å²) in [6.45, 7) is 4.34. The Labute approximate surface area is 136 Å². The first-order chi connectivity index (χ1) is 10.7. The van der Waals surface area contributed by atoms with E-state index in [0.717, 1.165) is 32.4 Å². The first-order valence-electron chi connectivity index (χ1n) is 9.14. The van der Waals surface area contributed by atoms with Crippen LogP contribution in [-0.2, 0) is 14.3 Å². The minimum absolute atomic E-state index is 0.0775. The van der Waals surface area contributed by atoms with E-state index in [1.165, 1.54) is 44.9 Å². The largest absolute Gasteiger partial charge is 0.463 e. The van der Waals surface area contributed by atoms with Gasteiger partial charge in [-0.1, -0.05) is 58.3 Å². The van der Waals surface area contributed by atoms with Crippen LogP contribution in [0.15, 0.2) is 0 Å². The first kappa shape index (κ1) is 19.4. The van der Waals surface area contributed by atoms with E-state index in [1.807, 2.05) is 0 Å². The van der Waals surface area contributed by atoms with Crippen LogP contribution in [0.3, 0.4) is 0 Å². The van der Waals surface area contributed by atoms with Gasteiger partial charge in [-0.15, -0.1) is 0 Å². The van der Waals surface area contributed by atoms with Crippen molar-refractivity contribution in [1.29, 1.82) is 0 Å². The third-order valence-electron chi connectivity index (χ3n) is 4.62. The minimum Gasteiger partial charge on any atom is -0.463 e. The maximum Gasteiger partial charge on any atom is 0.305 e. The Balaban J connectivity index is 1.93. The summed E-state index contributed by atoms with van der Waals surface area (Å²) < 4.78 is 10.9. The maximum absolute atomic E-state index is 11.8. The number of esters is 1. The van der Waals surface area contributed by atoms with Crippen molar-refractivity contribution in [3.63, 3.8) is 0 Å². The molecule has 0 bridgehead atoms. The van der Waals surface area contributed by atoms with Gasteiger partial charge in [-0.2, -0.15) is 0 Å².